The van der Waals surface area contributed by atoms with Crippen molar-refractivity contribution in [3.05, 3.63) is 66.2 Å². The van der Waals surface area contributed by atoms with Crippen LogP contribution in [0.15, 0.2) is 60.7 Å². The van der Waals surface area contributed by atoms with Gasteiger partial charge in [-0.3, -0.25) is 14.6 Å². The molecule has 2 aliphatic carbocycles. The molecule has 7 atom stereocenters. The highest BCUT2D eigenvalue weighted by atomic mass is 16.5. The summed E-state index contributed by atoms with van der Waals surface area (Å²) in [6.07, 6.45) is 13.0. The van der Waals surface area contributed by atoms with Crippen LogP contribution in [-0.2, 0) is 23.8 Å². The van der Waals surface area contributed by atoms with Crippen LogP contribution in [0.4, 0.5) is 0 Å². The van der Waals surface area contributed by atoms with E-state index in [4.69, 9.17) is 14.2 Å². The van der Waals surface area contributed by atoms with Crippen LogP contribution in [-0.4, -0.2) is 59.4 Å². The summed E-state index contributed by atoms with van der Waals surface area (Å²) >= 11 is 0. The summed E-state index contributed by atoms with van der Waals surface area (Å²) in [6, 6.07) is 3.26. The molecular weight excluding hydrogens is 560 g/mol. The average molecular weight is 609 g/mol. The molecular formula is C35H48N2O7. The van der Waals surface area contributed by atoms with Crippen LogP contribution in [0.25, 0.3) is 0 Å². The van der Waals surface area contributed by atoms with Gasteiger partial charge in [-0.15, -0.1) is 0 Å². The smallest absolute Gasteiger partial charge is 0.339 e. The number of rotatable bonds is 12. The predicted octanol–water partition coefficient (Wildman–Crippen LogP) is 5.31. The molecule has 0 saturated carbocycles. The van der Waals surface area contributed by atoms with Crippen molar-refractivity contribution in [1.29, 1.82) is 0 Å². The highest BCUT2D eigenvalue weighted by Gasteiger charge is 2.43. The van der Waals surface area contributed by atoms with Crippen molar-refractivity contribution in [3.63, 3.8) is 0 Å². The van der Waals surface area contributed by atoms with E-state index in [2.05, 4.69) is 49.0 Å². The molecule has 3 aliphatic rings. The summed E-state index contributed by atoms with van der Waals surface area (Å²) in [5.41, 5.74) is 0.718. The van der Waals surface area contributed by atoms with E-state index >= 15 is 0 Å². The van der Waals surface area contributed by atoms with E-state index in [9.17, 15) is 19.5 Å². The number of pyridine rings is 1. The maximum absolute atomic E-state index is 13.6. The van der Waals surface area contributed by atoms with E-state index in [0.717, 1.165) is 19.3 Å². The van der Waals surface area contributed by atoms with Gasteiger partial charge in [0.15, 0.2) is 0 Å². The predicted molar refractivity (Wildman–Crippen MR) is 166 cm³/mol. The van der Waals surface area contributed by atoms with Gasteiger partial charge in [0, 0.05) is 37.6 Å². The minimum Gasteiger partial charge on any atom is -0.495 e. The second kappa shape index (κ2) is 15.0. The fourth-order valence-corrected chi connectivity index (χ4v) is 6.57. The molecule has 1 aromatic rings. The van der Waals surface area contributed by atoms with Crippen molar-refractivity contribution in [1.82, 2.24) is 10.3 Å². The lowest BCUT2D eigenvalue weighted by Gasteiger charge is -2.44. The first kappa shape index (κ1) is 33.4. The van der Waals surface area contributed by atoms with Crippen LogP contribution in [0.2, 0.25) is 0 Å². The zero-order valence-corrected chi connectivity index (χ0v) is 26.5. The maximum atomic E-state index is 13.6. The number of nitrogens with zero attached hydrogens (tertiary/aromatic N) is 1. The molecule has 0 aromatic carbocycles. The van der Waals surface area contributed by atoms with Gasteiger partial charge in [-0.05, 0) is 75.0 Å². The Labute approximate surface area is 261 Å². The molecule has 44 heavy (non-hydrogen) atoms. The molecule has 1 saturated heterocycles. The number of amides is 1. The minimum absolute atomic E-state index is 0.0399. The molecule has 0 spiro atoms. The molecule has 1 fully saturated rings. The zero-order valence-electron chi connectivity index (χ0n) is 26.5. The largest absolute Gasteiger partial charge is 0.495 e. The van der Waals surface area contributed by atoms with E-state index in [-0.39, 0.29) is 61.4 Å². The molecule has 0 radical (unpaired) electrons. The number of ether oxygens (including phenoxy) is 3. The number of carbonyl (C=O) groups is 3. The van der Waals surface area contributed by atoms with Crippen LogP contribution in [0.3, 0.4) is 0 Å². The number of aromatic nitrogens is 1. The molecule has 1 amide bonds. The molecule has 9 nitrogen and oxygen atoms in total. The van der Waals surface area contributed by atoms with E-state index in [0.29, 0.717) is 36.5 Å². The number of carbonyl (C=O) groups excluding carboxylic acids is 3. The Morgan fingerprint density at radius 2 is 2.00 bits per heavy atom. The number of aliphatic hydroxyl groups excluding tert-OH is 1. The maximum Gasteiger partial charge on any atom is 0.339 e. The van der Waals surface area contributed by atoms with Gasteiger partial charge in [-0.2, -0.15) is 0 Å². The van der Waals surface area contributed by atoms with Crippen LogP contribution in [0.1, 0.15) is 83.0 Å². The molecule has 1 aliphatic heterocycles. The van der Waals surface area contributed by atoms with Crippen molar-refractivity contribution >= 4 is 17.8 Å². The molecule has 1 aromatic heterocycles. The average Bonchev–Trinajstić information content (AvgIpc) is 2.97. The monoisotopic (exact) mass is 608 g/mol. The third-order valence-electron chi connectivity index (χ3n) is 9.09. The first-order chi connectivity index (χ1) is 20.9. The van der Waals surface area contributed by atoms with Gasteiger partial charge < -0.3 is 24.6 Å². The number of aliphatic hydroxyl groups is 1. The van der Waals surface area contributed by atoms with Crippen molar-refractivity contribution < 1.29 is 33.7 Å². The summed E-state index contributed by atoms with van der Waals surface area (Å²) in [5.74, 6) is 0.568. The highest BCUT2D eigenvalue weighted by molar-refractivity contribution is 5.88. The Kier molecular flexibility index (Phi) is 11.4. The summed E-state index contributed by atoms with van der Waals surface area (Å²) in [6.45, 7) is 12.1. The Balaban J connectivity index is 1.29. The Bertz CT molecular complexity index is 1240. The first-order valence-corrected chi connectivity index (χ1v) is 15.9. The number of esters is 2. The van der Waals surface area contributed by atoms with E-state index in [1.54, 1.807) is 18.3 Å². The molecule has 0 bridgehead atoms. The van der Waals surface area contributed by atoms with Gasteiger partial charge in [0.05, 0.1) is 29.4 Å². The third kappa shape index (κ3) is 9.03. The number of nitrogens with one attached hydrogen (secondary N) is 1. The van der Waals surface area contributed by atoms with Gasteiger partial charge in [0.1, 0.15) is 18.8 Å². The van der Waals surface area contributed by atoms with E-state index < -0.39 is 17.5 Å². The standard InChI is InChI=1S/C35H48N2O7/c1-22-17-25-9-8-23(2)29(11-10-28-20-27(38)19-24(3)43-28)32(25)30(18-22)44-34(41)35(4,5)13-12-31(39)37-15-16-42-33(40)26-7-6-14-36-21-26/h6-9,14,17,21-23,27-30,32,38H,3,10-13,15-16,18-20H2,1-2,4-5H3,(H,37,39)/t22-,23-,27-,28+,29-,30-,32-/m0/s1. The fourth-order valence-electron chi connectivity index (χ4n) is 6.57. The molecule has 240 valence electrons. The van der Waals surface area contributed by atoms with Gasteiger partial charge >= 0.3 is 11.9 Å². The fraction of sp³-hybridized carbons (Fsp3) is 0.600. The Morgan fingerprint density at radius 3 is 2.73 bits per heavy atom. The van der Waals surface area contributed by atoms with Crippen molar-refractivity contribution in [2.75, 3.05) is 13.2 Å². The zero-order chi connectivity index (χ0) is 31.9. The number of fused-ring (bicyclic) bond motifs is 1. The third-order valence-corrected chi connectivity index (χ3v) is 9.09. The van der Waals surface area contributed by atoms with Gasteiger partial charge in [0.2, 0.25) is 5.91 Å². The topological polar surface area (TPSA) is 124 Å². The Morgan fingerprint density at radius 1 is 1.20 bits per heavy atom. The molecule has 4 rings (SSSR count). The molecule has 0 unspecified atom stereocenters. The number of hydrogen-bond acceptors (Lipinski definition) is 8. The van der Waals surface area contributed by atoms with Crippen molar-refractivity contribution in [2.45, 2.75) is 91.0 Å². The summed E-state index contributed by atoms with van der Waals surface area (Å²) in [5, 5.41) is 13.0. The Hall–Kier alpha value is -3.46. The number of hydrogen-bond donors (Lipinski definition) is 2. The lowest BCUT2D eigenvalue weighted by molar-refractivity contribution is -0.165. The van der Waals surface area contributed by atoms with Gasteiger partial charge in [-0.1, -0.05) is 38.7 Å². The van der Waals surface area contributed by atoms with Crippen LogP contribution in [0, 0.1) is 29.1 Å². The summed E-state index contributed by atoms with van der Waals surface area (Å²) in [7, 11) is 0. The highest BCUT2D eigenvalue weighted by Crippen LogP contribution is 2.46. The summed E-state index contributed by atoms with van der Waals surface area (Å²) < 4.78 is 17.4. The van der Waals surface area contributed by atoms with Crippen molar-refractivity contribution in [3.8, 4) is 0 Å². The van der Waals surface area contributed by atoms with Gasteiger partial charge in [-0.25, -0.2) is 4.79 Å². The molecule has 2 heterocycles. The molecule has 9 heteroatoms. The van der Waals surface area contributed by atoms with Crippen LogP contribution in [0.5, 0.6) is 0 Å². The quantitative estimate of drug-likeness (QED) is 0.242. The first-order valence-electron chi connectivity index (χ1n) is 15.9. The van der Waals surface area contributed by atoms with E-state index in [1.165, 1.54) is 11.8 Å². The van der Waals surface area contributed by atoms with Crippen LogP contribution < -0.4 is 5.32 Å². The number of allylic oxidation sites excluding steroid dienone is 3. The lowest BCUT2D eigenvalue weighted by atomic mass is 9.65. The second-order valence-electron chi connectivity index (χ2n) is 13.3. The minimum atomic E-state index is -0.854. The normalized spacial score (nSPS) is 28.2. The van der Waals surface area contributed by atoms with Crippen molar-refractivity contribution in [2.24, 2.45) is 29.1 Å². The lowest BCUT2D eigenvalue weighted by Crippen LogP contribution is -2.43. The second-order valence-corrected chi connectivity index (χ2v) is 13.3. The van der Waals surface area contributed by atoms with E-state index in [1.807, 2.05) is 13.8 Å². The van der Waals surface area contributed by atoms with Crippen LogP contribution >= 0.6 is 0 Å². The summed E-state index contributed by atoms with van der Waals surface area (Å²) in [4.78, 5) is 42.0. The van der Waals surface area contributed by atoms with Gasteiger partial charge in [0.25, 0.3) is 0 Å². The SMILES string of the molecule is C=C1C[C@H](O)C[C@@H](CC[C@@H]2[C@@H]3C(=C[C@H](C)C[C@@H]3OC(=O)C(C)(C)CCC(=O)NCCOC(=O)c3cccnc3)C=C[C@@H]2C)O1. The molecule has 2 N–H and O–H groups in total.